The third-order valence-corrected chi connectivity index (χ3v) is 5.26. The second-order valence-corrected chi connectivity index (χ2v) is 9.82. The van der Waals surface area contributed by atoms with Crippen molar-refractivity contribution in [2.75, 3.05) is 0 Å². The third kappa shape index (κ3) is 11.1. The zero-order chi connectivity index (χ0) is 23.5. The number of benzene rings is 3. The lowest BCUT2D eigenvalue weighted by Gasteiger charge is -2.18. The molecule has 0 saturated carbocycles. The van der Waals surface area contributed by atoms with Crippen LogP contribution in [-0.2, 0) is 15.5 Å². The van der Waals surface area contributed by atoms with Gasteiger partial charge in [0.25, 0.3) is 0 Å². The van der Waals surface area contributed by atoms with Crippen LogP contribution >= 0.6 is 11.8 Å². The highest BCUT2D eigenvalue weighted by Gasteiger charge is 2.44. The first-order valence-corrected chi connectivity index (χ1v) is 11.4. The molecule has 0 atom stereocenters. The predicted octanol–water partition coefficient (Wildman–Crippen LogP) is 7.22. The highest BCUT2D eigenvalue weighted by molar-refractivity contribution is 7.99. The molecule has 1 N–H and O–H groups in total. The normalized spacial score (nSPS) is 11.5. The molecule has 0 saturated heterocycles. The summed E-state index contributed by atoms with van der Waals surface area (Å²) in [6.45, 7) is 6.67. The van der Waals surface area contributed by atoms with Crippen molar-refractivity contribution >= 4 is 21.9 Å². The van der Waals surface area contributed by atoms with Gasteiger partial charge in [0.05, 0.1) is 0 Å². The Morgan fingerprint density at radius 3 is 1.19 bits per heavy atom. The smallest absolute Gasteiger partial charge is 0.279 e. The van der Waals surface area contributed by atoms with Gasteiger partial charge in [0, 0.05) is 9.79 Å². The number of halogens is 3. The summed E-state index contributed by atoms with van der Waals surface area (Å²) in [6, 6.07) is 31.4. The van der Waals surface area contributed by atoms with Crippen molar-refractivity contribution in [3.63, 3.8) is 0 Å². The van der Waals surface area contributed by atoms with E-state index in [1.54, 1.807) is 11.8 Å². The summed E-state index contributed by atoms with van der Waals surface area (Å²) in [6.07, 6.45) is 0. The minimum Gasteiger partial charge on any atom is -0.279 e. The first kappa shape index (κ1) is 26.7. The molecule has 0 bridgehead atoms. The van der Waals surface area contributed by atoms with Gasteiger partial charge in [-0.1, -0.05) is 99.3 Å². The predicted molar refractivity (Wildman–Crippen MR) is 120 cm³/mol. The van der Waals surface area contributed by atoms with E-state index in [9.17, 15) is 13.2 Å². The van der Waals surface area contributed by atoms with Crippen LogP contribution in [0.2, 0.25) is 0 Å². The Morgan fingerprint density at radius 2 is 0.968 bits per heavy atom. The highest BCUT2D eigenvalue weighted by atomic mass is 32.2. The maximum absolute atomic E-state index is 10.7. The molecule has 3 nitrogen and oxygen atoms in total. The van der Waals surface area contributed by atoms with Gasteiger partial charge in [-0.2, -0.15) is 21.6 Å². The standard InChI is InChI=1S/C12H10S.C10H14.CHF3O3S/c1-3-7-11(8-4-1)13-12-9-5-2-6-10-12;1-10(2,3)9-7-5-4-6-8-9;2-1(3,4)8(5,6)7/h1-10H;4-8H,1-3H3;(H,5,6,7). The van der Waals surface area contributed by atoms with E-state index < -0.39 is 15.6 Å². The zero-order valence-electron chi connectivity index (χ0n) is 17.4. The van der Waals surface area contributed by atoms with E-state index in [4.69, 9.17) is 13.0 Å². The van der Waals surface area contributed by atoms with Gasteiger partial charge in [0.2, 0.25) is 0 Å². The van der Waals surface area contributed by atoms with Crippen LogP contribution in [0.5, 0.6) is 0 Å². The van der Waals surface area contributed by atoms with Crippen molar-refractivity contribution in [2.45, 2.75) is 41.5 Å². The van der Waals surface area contributed by atoms with Gasteiger partial charge < -0.3 is 0 Å². The average Bonchev–Trinajstić information content (AvgIpc) is 2.69. The molecule has 0 radical (unpaired) electrons. The number of hydrogen-bond donors (Lipinski definition) is 1. The summed E-state index contributed by atoms with van der Waals surface area (Å²) >= 11 is 1.79. The van der Waals surface area contributed by atoms with Gasteiger partial charge >= 0.3 is 15.6 Å². The van der Waals surface area contributed by atoms with Crippen molar-refractivity contribution in [1.29, 1.82) is 0 Å². The molecule has 3 rings (SSSR count). The molecule has 0 amide bonds. The molecule has 3 aromatic carbocycles. The Hall–Kier alpha value is -2.29. The fraction of sp³-hybridized carbons (Fsp3) is 0.217. The second kappa shape index (κ2) is 11.9. The van der Waals surface area contributed by atoms with E-state index in [0.29, 0.717) is 5.41 Å². The Kier molecular flexibility index (Phi) is 10.3. The topological polar surface area (TPSA) is 54.4 Å². The van der Waals surface area contributed by atoms with Crippen LogP contribution in [0.15, 0.2) is 101 Å². The van der Waals surface area contributed by atoms with Crippen LogP contribution < -0.4 is 0 Å². The molecular weight excluding hydrogens is 445 g/mol. The molecule has 0 spiro atoms. The number of alkyl halides is 3. The molecule has 3 aromatic rings. The lowest BCUT2D eigenvalue weighted by Crippen LogP contribution is -2.21. The Balaban J connectivity index is 0.000000242. The summed E-state index contributed by atoms with van der Waals surface area (Å²) in [5.41, 5.74) is -3.84. The lowest BCUT2D eigenvalue weighted by molar-refractivity contribution is -0.0510. The Bertz CT molecular complexity index is 947. The van der Waals surface area contributed by atoms with Crippen LogP contribution in [0.4, 0.5) is 13.2 Å². The zero-order valence-corrected chi connectivity index (χ0v) is 19.0. The molecule has 31 heavy (non-hydrogen) atoms. The van der Waals surface area contributed by atoms with Crippen LogP contribution in [0, 0.1) is 0 Å². The third-order valence-electron chi connectivity index (χ3n) is 3.65. The van der Waals surface area contributed by atoms with Crippen molar-refractivity contribution in [3.05, 3.63) is 96.6 Å². The van der Waals surface area contributed by atoms with E-state index in [0.717, 1.165) is 0 Å². The summed E-state index contributed by atoms with van der Waals surface area (Å²) in [5, 5.41) is 0. The summed E-state index contributed by atoms with van der Waals surface area (Å²) in [4.78, 5) is 2.57. The average molecular weight is 471 g/mol. The van der Waals surface area contributed by atoms with Crippen molar-refractivity contribution in [3.8, 4) is 0 Å². The van der Waals surface area contributed by atoms with Gasteiger partial charge in [0.1, 0.15) is 0 Å². The molecular formula is C23H25F3O3S2. The van der Waals surface area contributed by atoms with E-state index >= 15 is 0 Å². The lowest BCUT2D eigenvalue weighted by atomic mass is 9.87. The molecule has 0 fully saturated rings. The summed E-state index contributed by atoms with van der Waals surface area (Å²) in [7, 11) is -5.84. The maximum Gasteiger partial charge on any atom is 0.522 e. The van der Waals surface area contributed by atoms with Gasteiger partial charge in [-0.25, -0.2) is 0 Å². The van der Waals surface area contributed by atoms with Gasteiger partial charge in [-0.15, -0.1) is 0 Å². The van der Waals surface area contributed by atoms with Crippen LogP contribution in [0.1, 0.15) is 26.3 Å². The molecule has 0 aliphatic rings. The van der Waals surface area contributed by atoms with Gasteiger partial charge in [-0.3, -0.25) is 4.55 Å². The molecule has 0 unspecified atom stereocenters. The Labute approximate surface area is 186 Å². The van der Waals surface area contributed by atoms with Crippen LogP contribution in [0.3, 0.4) is 0 Å². The molecule has 0 aliphatic heterocycles. The molecule has 8 heteroatoms. The summed E-state index contributed by atoms with van der Waals surface area (Å²) in [5.74, 6) is 0. The maximum atomic E-state index is 10.7. The fourth-order valence-corrected chi connectivity index (χ4v) is 2.91. The molecule has 0 heterocycles. The van der Waals surface area contributed by atoms with Crippen LogP contribution in [-0.4, -0.2) is 18.5 Å². The quantitative estimate of drug-likeness (QED) is 0.317. The SMILES string of the molecule is CC(C)(C)c1ccccc1.O=S(=O)(O)C(F)(F)F.c1ccc(Sc2ccccc2)cc1. The van der Waals surface area contributed by atoms with Crippen molar-refractivity contribution in [1.82, 2.24) is 0 Å². The van der Waals surface area contributed by atoms with E-state index in [2.05, 4.69) is 99.6 Å². The highest BCUT2D eigenvalue weighted by Crippen LogP contribution is 2.26. The molecule has 0 aromatic heterocycles. The van der Waals surface area contributed by atoms with Gasteiger partial charge in [-0.05, 0) is 35.2 Å². The number of hydrogen-bond acceptors (Lipinski definition) is 3. The minimum absolute atomic E-state index is 0.293. The first-order valence-electron chi connectivity index (χ1n) is 9.18. The largest absolute Gasteiger partial charge is 0.522 e. The fourth-order valence-electron chi connectivity index (χ4n) is 2.05. The van der Waals surface area contributed by atoms with E-state index in [1.165, 1.54) is 15.4 Å². The summed E-state index contributed by atoms with van der Waals surface area (Å²) < 4.78 is 57.5. The molecule has 0 aliphatic carbocycles. The van der Waals surface area contributed by atoms with E-state index in [-0.39, 0.29) is 0 Å². The number of rotatable bonds is 2. The van der Waals surface area contributed by atoms with Crippen molar-refractivity contribution < 1.29 is 26.1 Å². The van der Waals surface area contributed by atoms with E-state index in [1.807, 2.05) is 12.1 Å². The van der Waals surface area contributed by atoms with Crippen LogP contribution in [0.25, 0.3) is 0 Å². The second-order valence-electron chi connectivity index (χ2n) is 7.26. The Morgan fingerprint density at radius 1 is 0.677 bits per heavy atom. The van der Waals surface area contributed by atoms with Crippen molar-refractivity contribution in [2.24, 2.45) is 0 Å². The first-order chi connectivity index (χ1) is 14.3. The minimum atomic E-state index is -5.84. The molecule has 168 valence electrons. The monoisotopic (exact) mass is 470 g/mol. The van der Waals surface area contributed by atoms with Gasteiger partial charge in [0.15, 0.2) is 0 Å².